The van der Waals surface area contributed by atoms with E-state index >= 15 is 0 Å². The molecule has 1 N–H and O–H groups in total. The quantitative estimate of drug-likeness (QED) is 0.752. The van der Waals surface area contributed by atoms with Crippen LogP contribution in [0.4, 0.5) is 0 Å². The number of thioether (sulfide) groups is 1. The standard InChI is InChI=1S/C12H26N2S/c1-11(2)13-10-12-4-6-14(7-5-12)8-9-15-3/h11-13H,4-10H2,1-3H3. The zero-order valence-corrected chi connectivity index (χ0v) is 11.3. The van der Waals surface area contributed by atoms with Crippen LogP contribution in [0.25, 0.3) is 0 Å². The third-order valence-electron chi connectivity index (χ3n) is 3.13. The molecule has 0 aliphatic carbocycles. The lowest BCUT2D eigenvalue weighted by Crippen LogP contribution is -2.39. The summed E-state index contributed by atoms with van der Waals surface area (Å²) < 4.78 is 0. The molecule has 0 unspecified atom stereocenters. The lowest BCUT2D eigenvalue weighted by molar-refractivity contribution is 0.190. The highest BCUT2D eigenvalue weighted by molar-refractivity contribution is 7.98. The highest BCUT2D eigenvalue weighted by Crippen LogP contribution is 2.16. The predicted octanol–water partition coefficient (Wildman–Crippen LogP) is 2.06. The molecule has 15 heavy (non-hydrogen) atoms. The van der Waals surface area contributed by atoms with Gasteiger partial charge in [-0.15, -0.1) is 0 Å². The van der Waals surface area contributed by atoms with Crippen LogP contribution in [0.3, 0.4) is 0 Å². The monoisotopic (exact) mass is 230 g/mol. The van der Waals surface area contributed by atoms with Crippen LogP contribution in [0, 0.1) is 5.92 Å². The molecule has 1 aliphatic heterocycles. The van der Waals surface area contributed by atoms with Crippen LogP contribution in [-0.2, 0) is 0 Å². The van der Waals surface area contributed by atoms with E-state index in [1.54, 1.807) is 0 Å². The van der Waals surface area contributed by atoms with Crippen molar-refractivity contribution in [2.24, 2.45) is 5.92 Å². The van der Waals surface area contributed by atoms with Gasteiger partial charge in [0.25, 0.3) is 0 Å². The number of likely N-dealkylation sites (tertiary alicyclic amines) is 1. The summed E-state index contributed by atoms with van der Waals surface area (Å²) in [5, 5.41) is 3.55. The van der Waals surface area contributed by atoms with E-state index in [0.717, 1.165) is 5.92 Å². The average Bonchev–Trinajstić information content (AvgIpc) is 2.25. The largest absolute Gasteiger partial charge is 0.314 e. The van der Waals surface area contributed by atoms with Crippen LogP contribution in [0.5, 0.6) is 0 Å². The lowest BCUT2D eigenvalue weighted by Gasteiger charge is -2.32. The van der Waals surface area contributed by atoms with Crippen molar-refractivity contribution in [2.75, 3.05) is 38.2 Å². The van der Waals surface area contributed by atoms with E-state index in [1.807, 2.05) is 11.8 Å². The van der Waals surface area contributed by atoms with E-state index in [2.05, 4.69) is 30.3 Å². The minimum Gasteiger partial charge on any atom is -0.314 e. The minimum absolute atomic E-state index is 0.638. The van der Waals surface area contributed by atoms with Crippen LogP contribution >= 0.6 is 11.8 Å². The second kappa shape index (κ2) is 7.53. The fourth-order valence-corrected chi connectivity index (χ4v) is 2.48. The maximum absolute atomic E-state index is 3.55. The van der Waals surface area contributed by atoms with Gasteiger partial charge in [-0.2, -0.15) is 11.8 Å². The van der Waals surface area contributed by atoms with Gasteiger partial charge in [-0.3, -0.25) is 0 Å². The molecule has 3 heteroatoms. The van der Waals surface area contributed by atoms with Crippen molar-refractivity contribution in [3.8, 4) is 0 Å². The maximum atomic E-state index is 3.55. The van der Waals surface area contributed by atoms with E-state index in [-0.39, 0.29) is 0 Å². The topological polar surface area (TPSA) is 15.3 Å². The van der Waals surface area contributed by atoms with Crippen molar-refractivity contribution in [1.29, 1.82) is 0 Å². The van der Waals surface area contributed by atoms with E-state index in [4.69, 9.17) is 0 Å². The molecule has 0 saturated carbocycles. The molecular weight excluding hydrogens is 204 g/mol. The first-order chi connectivity index (χ1) is 7.22. The smallest absolute Gasteiger partial charge is 0.00722 e. The predicted molar refractivity (Wildman–Crippen MR) is 70.7 cm³/mol. The Kier molecular flexibility index (Phi) is 6.69. The molecule has 0 aromatic heterocycles. The third-order valence-corrected chi connectivity index (χ3v) is 3.72. The fraction of sp³-hybridized carbons (Fsp3) is 1.00. The van der Waals surface area contributed by atoms with Gasteiger partial charge in [-0.25, -0.2) is 0 Å². The van der Waals surface area contributed by atoms with Gasteiger partial charge >= 0.3 is 0 Å². The van der Waals surface area contributed by atoms with Crippen LogP contribution in [0.1, 0.15) is 26.7 Å². The van der Waals surface area contributed by atoms with Crippen molar-refractivity contribution in [3.63, 3.8) is 0 Å². The lowest BCUT2D eigenvalue weighted by atomic mass is 9.96. The van der Waals surface area contributed by atoms with Crippen LogP contribution in [-0.4, -0.2) is 49.1 Å². The number of hydrogen-bond donors (Lipinski definition) is 1. The van der Waals surface area contributed by atoms with Crippen LogP contribution in [0.2, 0.25) is 0 Å². The Morgan fingerprint density at radius 1 is 1.33 bits per heavy atom. The third kappa shape index (κ3) is 5.79. The van der Waals surface area contributed by atoms with E-state index < -0.39 is 0 Å². The highest BCUT2D eigenvalue weighted by Gasteiger charge is 2.18. The first-order valence-corrected chi connectivity index (χ1v) is 7.56. The molecule has 0 atom stereocenters. The van der Waals surface area contributed by atoms with Gasteiger partial charge < -0.3 is 10.2 Å². The Bertz CT molecular complexity index is 154. The van der Waals surface area contributed by atoms with Gasteiger partial charge in [0.15, 0.2) is 0 Å². The van der Waals surface area contributed by atoms with Gasteiger partial charge in [-0.1, -0.05) is 13.8 Å². The molecule has 0 aromatic rings. The van der Waals surface area contributed by atoms with E-state index in [0.29, 0.717) is 6.04 Å². The molecule has 0 amide bonds. The number of nitrogens with one attached hydrogen (secondary N) is 1. The highest BCUT2D eigenvalue weighted by atomic mass is 32.2. The molecule has 0 spiro atoms. The Balaban J connectivity index is 2.07. The van der Waals surface area contributed by atoms with Crippen molar-refractivity contribution in [1.82, 2.24) is 10.2 Å². The second-order valence-corrected chi connectivity index (χ2v) is 5.83. The van der Waals surface area contributed by atoms with Crippen LogP contribution < -0.4 is 5.32 Å². The summed E-state index contributed by atoms with van der Waals surface area (Å²) in [6, 6.07) is 0.638. The summed E-state index contributed by atoms with van der Waals surface area (Å²) in [7, 11) is 0. The number of piperidine rings is 1. The molecule has 0 radical (unpaired) electrons. The average molecular weight is 230 g/mol. The molecule has 1 saturated heterocycles. The van der Waals surface area contributed by atoms with Crippen molar-refractivity contribution in [2.45, 2.75) is 32.7 Å². The number of rotatable bonds is 6. The first-order valence-electron chi connectivity index (χ1n) is 6.17. The normalized spacial score (nSPS) is 20.0. The summed E-state index contributed by atoms with van der Waals surface area (Å²) in [6.45, 7) is 9.58. The van der Waals surface area contributed by atoms with Gasteiger partial charge in [0.05, 0.1) is 0 Å². The summed E-state index contributed by atoms with van der Waals surface area (Å²) in [5.74, 6) is 2.20. The Morgan fingerprint density at radius 2 is 2.00 bits per heavy atom. The summed E-state index contributed by atoms with van der Waals surface area (Å²) in [6.07, 6.45) is 4.96. The van der Waals surface area contributed by atoms with Crippen molar-refractivity contribution >= 4 is 11.8 Å². The SMILES string of the molecule is CSCCN1CCC(CNC(C)C)CC1. The summed E-state index contributed by atoms with van der Waals surface area (Å²) >= 11 is 1.96. The maximum Gasteiger partial charge on any atom is 0.00722 e. The van der Waals surface area contributed by atoms with Gasteiger partial charge in [0.2, 0.25) is 0 Å². The molecule has 1 fully saturated rings. The fourth-order valence-electron chi connectivity index (χ4n) is 2.04. The molecule has 1 aliphatic rings. The zero-order chi connectivity index (χ0) is 11.1. The van der Waals surface area contributed by atoms with Gasteiger partial charge in [0, 0.05) is 18.3 Å². The molecular formula is C12H26N2S. The number of nitrogens with zero attached hydrogens (tertiary/aromatic N) is 1. The minimum atomic E-state index is 0.638. The Hall–Kier alpha value is 0.270. The molecule has 90 valence electrons. The molecule has 1 heterocycles. The first kappa shape index (κ1) is 13.3. The Morgan fingerprint density at radius 3 is 2.53 bits per heavy atom. The number of hydrogen-bond acceptors (Lipinski definition) is 3. The van der Waals surface area contributed by atoms with Crippen LogP contribution in [0.15, 0.2) is 0 Å². The van der Waals surface area contributed by atoms with Gasteiger partial charge in [-0.05, 0) is 44.6 Å². The summed E-state index contributed by atoms with van der Waals surface area (Å²) in [4.78, 5) is 2.61. The van der Waals surface area contributed by atoms with E-state index in [1.165, 1.54) is 44.8 Å². The summed E-state index contributed by atoms with van der Waals surface area (Å²) in [5.41, 5.74) is 0. The molecule has 0 aromatic carbocycles. The van der Waals surface area contributed by atoms with E-state index in [9.17, 15) is 0 Å². The van der Waals surface area contributed by atoms with Crippen molar-refractivity contribution < 1.29 is 0 Å². The Labute approximate surface area is 99.2 Å². The molecule has 0 bridgehead atoms. The molecule has 2 nitrogen and oxygen atoms in total. The zero-order valence-electron chi connectivity index (χ0n) is 10.5. The second-order valence-electron chi connectivity index (χ2n) is 4.84. The van der Waals surface area contributed by atoms with Gasteiger partial charge in [0.1, 0.15) is 0 Å². The van der Waals surface area contributed by atoms with Crippen molar-refractivity contribution in [3.05, 3.63) is 0 Å². The molecule has 1 rings (SSSR count).